The Labute approximate surface area is 143 Å². The Balaban J connectivity index is 1.95. The summed E-state index contributed by atoms with van der Waals surface area (Å²) in [6.07, 6.45) is 1.85. The van der Waals surface area contributed by atoms with Gasteiger partial charge in [-0.15, -0.1) is 0 Å². The second kappa shape index (κ2) is 6.35. The number of aromatic nitrogens is 3. The molecule has 0 aliphatic carbocycles. The molecule has 0 N–H and O–H groups in total. The minimum Gasteiger partial charge on any atom is -0.264 e. The summed E-state index contributed by atoms with van der Waals surface area (Å²) in [6.45, 7) is 4.76. The van der Waals surface area contributed by atoms with Gasteiger partial charge in [-0.2, -0.15) is 10.4 Å². The number of aryl methyl sites for hydroxylation is 1. The molecule has 5 heteroatoms. The molecule has 1 aromatic carbocycles. The van der Waals surface area contributed by atoms with Gasteiger partial charge >= 0.3 is 0 Å². The predicted molar refractivity (Wildman–Crippen MR) is 92.9 cm³/mol. The van der Waals surface area contributed by atoms with Crippen LogP contribution in [0.1, 0.15) is 22.5 Å². The molecular weight excluding hydrogens is 352 g/mol. The van der Waals surface area contributed by atoms with Crippen LogP contribution in [0, 0.1) is 25.2 Å². The quantitative estimate of drug-likeness (QED) is 0.651. The lowest BCUT2D eigenvalue weighted by Gasteiger charge is -2.06. The van der Waals surface area contributed by atoms with E-state index in [0.717, 1.165) is 32.7 Å². The van der Waals surface area contributed by atoms with E-state index in [1.807, 2.05) is 54.2 Å². The smallest absolute Gasteiger partial charge is 0.106 e. The van der Waals surface area contributed by atoms with Gasteiger partial charge in [-0.05, 0) is 59.1 Å². The van der Waals surface area contributed by atoms with Gasteiger partial charge in [0, 0.05) is 17.5 Å². The molecule has 0 aliphatic heterocycles. The third-order valence-electron chi connectivity index (χ3n) is 3.81. The lowest BCUT2D eigenvalue weighted by molar-refractivity contribution is 0.657. The van der Waals surface area contributed by atoms with Crippen LogP contribution in [-0.2, 0) is 6.54 Å². The van der Waals surface area contributed by atoms with Gasteiger partial charge in [0.1, 0.15) is 4.60 Å². The number of benzene rings is 1. The van der Waals surface area contributed by atoms with E-state index < -0.39 is 0 Å². The first kappa shape index (κ1) is 15.4. The Morgan fingerprint density at radius 2 is 1.87 bits per heavy atom. The highest BCUT2D eigenvalue weighted by molar-refractivity contribution is 9.10. The van der Waals surface area contributed by atoms with Gasteiger partial charge < -0.3 is 0 Å². The molecule has 0 fully saturated rings. The van der Waals surface area contributed by atoms with Crippen molar-refractivity contribution in [3.05, 3.63) is 69.7 Å². The van der Waals surface area contributed by atoms with E-state index in [-0.39, 0.29) is 0 Å². The molecule has 4 nitrogen and oxygen atoms in total. The number of pyridine rings is 1. The molecule has 0 saturated carbocycles. The standard InChI is InChI=1S/C18H15BrN4/c1-12-18(16-6-3-14(9-20)4-7-16)13(2)23(22-12)11-15-5-8-17(19)21-10-15/h3-8,10H,11H2,1-2H3. The monoisotopic (exact) mass is 366 g/mol. The van der Waals surface area contributed by atoms with Crippen molar-refractivity contribution in [1.82, 2.24) is 14.8 Å². The van der Waals surface area contributed by atoms with Crippen molar-refractivity contribution in [3.8, 4) is 17.2 Å². The lowest BCUT2D eigenvalue weighted by atomic mass is 10.0. The first-order chi connectivity index (χ1) is 11.1. The molecule has 0 saturated heterocycles. The number of nitrogens with zero attached hydrogens (tertiary/aromatic N) is 4. The van der Waals surface area contributed by atoms with Crippen LogP contribution < -0.4 is 0 Å². The minimum absolute atomic E-state index is 0.664. The van der Waals surface area contributed by atoms with E-state index in [1.54, 1.807) is 0 Å². The Bertz CT molecular complexity index is 871. The SMILES string of the molecule is Cc1nn(Cc2ccc(Br)nc2)c(C)c1-c1ccc(C#N)cc1. The van der Waals surface area contributed by atoms with Gasteiger partial charge in [0.15, 0.2) is 0 Å². The molecule has 2 aromatic heterocycles. The zero-order valence-corrected chi connectivity index (χ0v) is 14.5. The summed E-state index contributed by atoms with van der Waals surface area (Å²) < 4.78 is 2.82. The average molecular weight is 367 g/mol. The first-order valence-electron chi connectivity index (χ1n) is 7.23. The second-order valence-corrected chi connectivity index (χ2v) is 6.19. The number of halogens is 1. The van der Waals surface area contributed by atoms with E-state index in [4.69, 9.17) is 5.26 Å². The third kappa shape index (κ3) is 3.17. The van der Waals surface area contributed by atoms with Crippen LogP contribution in [0.2, 0.25) is 0 Å². The van der Waals surface area contributed by atoms with Crippen LogP contribution >= 0.6 is 15.9 Å². The van der Waals surface area contributed by atoms with Crippen molar-refractivity contribution >= 4 is 15.9 Å². The summed E-state index contributed by atoms with van der Waals surface area (Å²) in [6, 6.07) is 13.7. The van der Waals surface area contributed by atoms with Crippen LogP contribution in [0.5, 0.6) is 0 Å². The molecule has 23 heavy (non-hydrogen) atoms. The highest BCUT2D eigenvalue weighted by atomic mass is 79.9. The maximum Gasteiger partial charge on any atom is 0.106 e. The maximum atomic E-state index is 8.92. The third-order valence-corrected chi connectivity index (χ3v) is 4.27. The van der Waals surface area contributed by atoms with Crippen LogP contribution in [0.3, 0.4) is 0 Å². The topological polar surface area (TPSA) is 54.5 Å². The van der Waals surface area contributed by atoms with Gasteiger partial charge in [-0.25, -0.2) is 4.98 Å². The van der Waals surface area contributed by atoms with E-state index in [0.29, 0.717) is 12.1 Å². The molecule has 0 unspecified atom stereocenters. The predicted octanol–water partition coefficient (Wildman–Crippen LogP) is 4.24. The van der Waals surface area contributed by atoms with Crippen LogP contribution in [0.4, 0.5) is 0 Å². The summed E-state index contributed by atoms with van der Waals surface area (Å²) in [5.74, 6) is 0. The van der Waals surface area contributed by atoms with Crippen molar-refractivity contribution in [2.24, 2.45) is 0 Å². The normalized spacial score (nSPS) is 10.5. The van der Waals surface area contributed by atoms with E-state index >= 15 is 0 Å². The minimum atomic E-state index is 0.664. The van der Waals surface area contributed by atoms with Crippen LogP contribution in [0.25, 0.3) is 11.1 Å². The van der Waals surface area contributed by atoms with Gasteiger partial charge in [0.2, 0.25) is 0 Å². The molecule has 0 radical (unpaired) electrons. The summed E-state index contributed by atoms with van der Waals surface area (Å²) in [5.41, 5.74) is 6.06. The molecule has 0 bridgehead atoms. The molecule has 3 aromatic rings. The summed E-state index contributed by atoms with van der Waals surface area (Å²) >= 11 is 3.35. The second-order valence-electron chi connectivity index (χ2n) is 5.38. The Hall–Kier alpha value is -2.45. The fourth-order valence-electron chi connectivity index (χ4n) is 2.65. The van der Waals surface area contributed by atoms with Gasteiger partial charge in [-0.3, -0.25) is 4.68 Å². The fourth-order valence-corrected chi connectivity index (χ4v) is 2.89. The molecule has 0 spiro atoms. The number of hydrogen-bond acceptors (Lipinski definition) is 3. The van der Waals surface area contributed by atoms with E-state index in [2.05, 4.69) is 39.0 Å². The zero-order valence-electron chi connectivity index (χ0n) is 12.9. The Kier molecular flexibility index (Phi) is 4.26. The molecule has 2 heterocycles. The van der Waals surface area contributed by atoms with E-state index in [9.17, 15) is 0 Å². The Morgan fingerprint density at radius 3 is 2.48 bits per heavy atom. The maximum absolute atomic E-state index is 8.92. The van der Waals surface area contributed by atoms with Crippen molar-refractivity contribution in [2.75, 3.05) is 0 Å². The van der Waals surface area contributed by atoms with Gasteiger partial charge in [0.25, 0.3) is 0 Å². The van der Waals surface area contributed by atoms with E-state index in [1.165, 1.54) is 0 Å². The van der Waals surface area contributed by atoms with Crippen LogP contribution in [0.15, 0.2) is 47.2 Å². The number of hydrogen-bond donors (Lipinski definition) is 0. The van der Waals surface area contributed by atoms with Crippen molar-refractivity contribution < 1.29 is 0 Å². The molecule has 3 rings (SSSR count). The molecule has 0 amide bonds. The highest BCUT2D eigenvalue weighted by Gasteiger charge is 2.13. The zero-order chi connectivity index (χ0) is 16.4. The molecule has 114 valence electrons. The van der Waals surface area contributed by atoms with Crippen molar-refractivity contribution in [2.45, 2.75) is 20.4 Å². The van der Waals surface area contributed by atoms with Gasteiger partial charge in [0.05, 0.1) is 23.9 Å². The molecular formula is C18H15BrN4. The summed E-state index contributed by atoms with van der Waals surface area (Å²) in [7, 11) is 0. The fraction of sp³-hybridized carbons (Fsp3) is 0.167. The number of rotatable bonds is 3. The molecule has 0 atom stereocenters. The van der Waals surface area contributed by atoms with Crippen molar-refractivity contribution in [3.63, 3.8) is 0 Å². The van der Waals surface area contributed by atoms with Crippen LogP contribution in [-0.4, -0.2) is 14.8 Å². The number of nitriles is 1. The first-order valence-corrected chi connectivity index (χ1v) is 8.03. The van der Waals surface area contributed by atoms with Crippen molar-refractivity contribution in [1.29, 1.82) is 5.26 Å². The average Bonchev–Trinajstić information content (AvgIpc) is 2.84. The van der Waals surface area contributed by atoms with Gasteiger partial charge in [-0.1, -0.05) is 18.2 Å². The lowest BCUT2D eigenvalue weighted by Crippen LogP contribution is -2.04. The largest absolute Gasteiger partial charge is 0.264 e. The Morgan fingerprint density at radius 1 is 1.13 bits per heavy atom. The molecule has 0 aliphatic rings. The highest BCUT2D eigenvalue weighted by Crippen LogP contribution is 2.27. The summed E-state index contributed by atoms with van der Waals surface area (Å²) in [4.78, 5) is 4.26. The summed E-state index contributed by atoms with van der Waals surface area (Å²) in [5, 5.41) is 13.6.